The number of ketones is 1. The molecule has 2 amide bonds. The third-order valence-corrected chi connectivity index (χ3v) is 9.53. The van der Waals surface area contributed by atoms with Crippen molar-refractivity contribution in [2.45, 2.75) is 70.3 Å². The number of hydrogen-bond donors (Lipinski definition) is 0. The van der Waals surface area contributed by atoms with Crippen LogP contribution in [0.1, 0.15) is 74.6 Å². The summed E-state index contributed by atoms with van der Waals surface area (Å²) in [5, 5.41) is 0. The van der Waals surface area contributed by atoms with Gasteiger partial charge in [0.1, 0.15) is 6.04 Å². The highest BCUT2D eigenvalue weighted by molar-refractivity contribution is 5.98. The van der Waals surface area contributed by atoms with Crippen LogP contribution < -0.4 is 0 Å². The first-order valence-electron chi connectivity index (χ1n) is 13.2. The number of Topliss-reactive ketones (excluding diaryl/α,β-unsaturated/α-hetero) is 1. The average molecular weight is 449 g/mol. The molecule has 1 atom stereocenters. The standard InChI is InChI=1S/C28H36N2O3/c31-25(22-5-2-1-3-6-22)23-8-11-29(12-9-23)26(32)24-7-4-10-30(24)27(33)28-16-19-13-20(17-28)15-21(14-19)18-28/h1-3,5-6,19-21,23-24H,4,7-18H2. The smallest absolute Gasteiger partial charge is 0.245 e. The summed E-state index contributed by atoms with van der Waals surface area (Å²) in [6.07, 6.45) is 10.3. The van der Waals surface area contributed by atoms with Gasteiger partial charge in [-0.1, -0.05) is 30.3 Å². The molecule has 2 heterocycles. The van der Waals surface area contributed by atoms with E-state index in [1.54, 1.807) is 0 Å². The molecule has 5 heteroatoms. The zero-order valence-corrected chi connectivity index (χ0v) is 19.6. The van der Waals surface area contributed by atoms with E-state index in [2.05, 4.69) is 0 Å². The summed E-state index contributed by atoms with van der Waals surface area (Å²) in [6.45, 7) is 1.98. The van der Waals surface area contributed by atoms with Gasteiger partial charge in [-0.2, -0.15) is 0 Å². The first kappa shape index (κ1) is 21.4. The Balaban J connectivity index is 1.11. The molecule has 0 spiro atoms. The Kier molecular flexibility index (Phi) is 5.34. The number of piperidine rings is 1. The fraction of sp³-hybridized carbons (Fsp3) is 0.679. The minimum absolute atomic E-state index is 0.00946. The molecule has 2 aliphatic heterocycles. The number of amides is 2. The van der Waals surface area contributed by atoms with Crippen molar-refractivity contribution in [3.63, 3.8) is 0 Å². The Morgan fingerprint density at radius 3 is 2.00 bits per heavy atom. The number of carbonyl (C=O) groups excluding carboxylic acids is 3. The SMILES string of the molecule is O=C(c1ccccc1)C1CCN(C(=O)C2CCCN2C(=O)C23CC4CC(CC(C4)C2)C3)CC1. The van der Waals surface area contributed by atoms with Gasteiger partial charge in [-0.25, -0.2) is 0 Å². The van der Waals surface area contributed by atoms with Gasteiger partial charge in [0.15, 0.2) is 5.78 Å². The number of benzene rings is 1. The van der Waals surface area contributed by atoms with E-state index in [-0.39, 0.29) is 29.1 Å². The van der Waals surface area contributed by atoms with Gasteiger partial charge in [-0.15, -0.1) is 0 Å². The van der Waals surface area contributed by atoms with Gasteiger partial charge in [0.05, 0.1) is 5.41 Å². The van der Waals surface area contributed by atoms with E-state index in [1.165, 1.54) is 19.3 Å². The molecule has 6 aliphatic rings. The van der Waals surface area contributed by atoms with Gasteiger partial charge in [0.2, 0.25) is 11.8 Å². The minimum Gasteiger partial charge on any atom is -0.341 e. The molecule has 1 aromatic rings. The van der Waals surface area contributed by atoms with Crippen LogP contribution in [-0.2, 0) is 9.59 Å². The van der Waals surface area contributed by atoms with E-state index in [0.29, 0.717) is 19.0 Å². The molecule has 0 aromatic heterocycles. The lowest BCUT2D eigenvalue weighted by Crippen LogP contribution is -2.58. The van der Waals surface area contributed by atoms with Gasteiger partial charge in [-0.3, -0.25) is 14.4 Å². The fourth-order valence-corrected chi connectivity index (χ4v) is 8.35. The van der Waals surface area contributed by atoms with Crippen LogP contribution in [0.2, 0.25) is 0 Å². The number of rotatable bonds is 4. The lowest BCUT2D eigenvalue weighted by Gasteiger charge is -2.56. The third-order valence-electron chi connectivity index (χ3n) is 9.53. The predicted octanol–water partition coefficient (Wildman–Crippen LogP) is 4.32. The Bertz CT molecular complexity index is 898. The molecule has 6 fully saturated rings. The van der Waals surface area contributed by atoms with Crippen molar-refractivity contribution in [3.8, 4) is 0 Å². The average Bonchev–Trinajstić information content (AvgIpc) is 3.32. The van der Waals surface area contributed by atoms with E-state index in [1.807, 2.05) is 40.1 Å². The molecule has 5 nitrogen and oxygen atoms in total. The molecule has 1 unspecified atom stereocenters. The van der Waals surface area contributed by atoms with Gasteiger partial charge in [-0.05, 0) is 82.0 Å². The summed E-state index contributed by atoms with van der Waals surface area (Å²) in [4.78, 5) is 44.2. The van der Waals surface area contributed by atoms with Crippen LogP contribution in [0.3, 0.4) is 0 Å². The zero-order chi connectivity index (χ0) is 22.6. The fourth-order valence-electron chi connectivity index (χ4n) is 8.35. The molecule has 4 saturated carbocycles. The molecule has 1 aromatic carbocycles. The lowest BCUT2D eigenvalue weighted by atomic mass is 9.49. The van der Waals surface area contributed by atoms with Crippen LogP contribution in [0.4, 0.5) is 0 Å². The Hall–Kier alpha value is -2.17. The Labute approximate surface area is 196 Å². The third kappa shape index (κ3) is 3.72. The molecule has 33 heavy (non-hydrogen) atoms. The number of hydrogen-bond acceptors (Lipinski definition) is 3. The van der Waals surface area contributed by atoms with Gasteiger partial charge in [0, 0.05) is 31.1 Å². The van der Waals surface area contributed by atoms with E-state index in [4.69, 9.17) is 0 Å². The second kappa shape index (κ2) is 8.25. The zero-order valence-electron chi connectivity index (χ0n) is 19.6. The van der Waals surface area contributed by atoms with Crippen molar-refractivity contribution in [1.82, 2.24) is 9.80 Å². The second-order valence-corrected chi connectivity index (χ2v) is 11.7. The van der Waals surface area contributed by atoms with E-state index in [9.17, 15) is 14.4 Å². The van der Waals surface area contributed by atoms with Crippen LogP contribution in [0.5, 0.6) is 0 Å². The lowest BCUT2D eigenvalue weighted by molar-refractivity contribution is -0.162. The maximum atomic E-state index is 13.9. The molecule has 0 radical (unpaired) electrons. The molecular formula is C28H36N2O3. The van der Waals surface area contributed by atoms with Crippen molar-refractivity contribution in [3.05, 3.63) is 35.9 Å². The van der Waals surface area contributed by atoms with Crippen molar-refractivity contribution < 1.29 is 14.4 Å². The number of nitrogens with zero attached hydrogens (tertiary/aromatic N) is 2. The summed E-state index contributed by atoms with van der Waals surface area (Å²) in [5.74, 6) is 2.81. The largest absolute Gasteiger partial charge is 0.341 e. The van der Waals surface area contributed by atoms with Crippen molar-refractivity contribution in [1.29, 1.82) is 0 Å². The predicted molar refractivity (Wildman–Crippen MR) is 125 cm³/mol. The van der Waals surface area contributed by atoms with Gasteiger partial charge < -0.3 is 9.80 Å². The minimum atomic E-state index is -0.285. The molecule has 7 rings (SSSR count). The summed E-state index contributed by atoms with van der Waals surface area (Å²) in [5.41, 5.74) is 0.595. The molecule has 4 aliphatic carbocycles. The summed E-state index contributed by atoms with van der Waals surface area (Å²) in [7, 11) is 0. The molecule has 176 valence electrons. The molecule has 2 saturated heterocycles. The number of likely N-dealkylation sites (tertiary alicyclic amines) is 2. The maximum Gasteiger partial charge on any atom is 0.245 e. The first-order chi connectivity index (χ1) is 16.0. The monoisotopic (exact) mass is 448 g/mol. The van der Waals surface area contributed by atoms with Gasteiger partial charge in [0.25, 0.3) is 0 Å². The van der Waals surface area contributed by atoms with Gasteiger partial charge >= 0.3 is 0 Å². The number of carbonyl (C=O) groups is 3. The normalized spacial score (nSPS) is 35.8. The molecular weight excluding hydrogens is 412 g/mol. The summed E-state index contributed by atoms with van der Waals surface area (Å²) >= 11 is 0. The van der Waals surface area contributed by atoms with Crippen LogP contribution >= 0.6 is 0 Å². The molecule has 4 bridgehead atoms. The quantitative estimate of drug-likeness (QED) is 0.645. The van der Waals surface area contributed by atoms with Crippen LogP contribution in [0.25, 0.3) is 0 Å². The maximum absolute atomic E-state index is 13.9. The van der Waals surface area contributed by atoms with Crippen molar-refractivity contribution in [2.75, 3.05) is 19.6 Å². The van der Waals surface area contributed by atoms with Crippen LogP contribution in [0.15, 0.2) is 30.3 Å². The highest BCUT2D eigenvalue weighted by Crippen LogP contribution is 2.60. The first-order valence-corrected chi connectivity index (χ1v) is 13.2. The van der Waals surface area contributed by atoms with Crippen LogP contribution in [-0.4, -0.2) is 53.1 Å². The van der Waals surface area contributed by atoms with E-state index < -0.39 is 0 Å². The topological polar surface area (TPSA) is 57.7 Å². The Morgan fingerprint density at radius 1 is 0.788 bits per heavy atom. The Morgan fingerprint density at radius 2 is 1.39 bits per heavy atom. The highest BCUT2D eigenvalue weighted by atomic mass is 16.2. The molecule has 0 N–H and O–H groups in total. The summed E-state index contributed by atoms with van der Waals surface area (Å²) in [6, 6.07) is 9.21. The van der Waals surface area contributed by atoms with Crippen molar-refractivity contribution in [2.24, 2.45) is 29.1 Å². The van der Waals surface area contributed by atoms with Crippen LogP contribution in [0, 0.1) is 29.1 Å². The van der Waals surface area contributed by atoms with E-state index in [0.717, 1.165) is 74.8 Å². The second-order valence-electron chi connectivity index (χ2n) is 11.7. The summed E-state index contributed by atoms with van der Waals surface area (Å²) < 4.78 is 0. The van der Waals surface area contributed by atoms with Crippen molar-refractivity contribution >= 4 is 17.6 Å². The highest BCUT2D eigenvalue weighted by Gasteiger charge is 2.57. The van der Waals surface area contributed by atoms with E-state index >= 15 is 0 Å².